The Morgan fingerprint density at radius 1 is 1.33 bits per heavy atom. The molecule has 3 heteroatoms. The lowest BCUT2D eigenvalue weighted by atomic mass is 9.99. The van der Waals surface area contributed by atoms with Crippen molar-refractivity contribution >= 4 is 5.69 Å². The van der Waals surface area contributed by atoms with E-state index in [1.807, 2.05) is 0 Å². The van der Waals surface area contributed by atoms with Gasteiger partial charge in [0.25, 0.3) is 0 Å². The van der Waals surface area contributed by atoms with E-state index in [0.717, 1.165) is 6.54 Å². The summed E-state index contributed by atoms with van der Waals surface area (Å²) in [5.41, 5.74) is 3.78. The summed E-state index contributed by atoms with van der Waals surface area (Å²) in [6, 6.07) is 6.51. The number of rotatable bonds is 1. The van der Waals surface area contributed by atoms with E-state index in [9.17, 15) is 5.11 Å². The lowest BCUT2D eigenvalue weighted by Gasteiger charge is -2.40. The Hall–Kier alpha value is -1.06. The number of hydrogen-bond acceptors (Lipinski definition) is 3. The zero-order chi connectivity index (χ0) is 13.3. The number of aliphatic hydroxyl groups is 1. The van der Waals surface area contributed by atoms with Crippen LogP contribution in [0.2, 0.25) is 0 Å². The van der Waals surface area contributed by atoms with Crippen LogP contribution in [0.4, 0.5) is 5.69 Å². The van der Waals surface area contributed by atoms with E-state index in [1.165, 1.54) is 16.8 Å². The summed E-state index contributed by atoms with van der Waals surface area (Å²) in [6.45, 7) is 10.9. The molecule has 1 aliphatic rings. The Labute approximate surface area is 110 Å². The van der Waals surface area contributed by atoms with Crippen molar-refractivity contribution in [3.8, 4) is 0 Å². The fourth-order valence-electron chi connectivity index (χ4n) is 2.60. The highest BCUT2D eigenvalue weighted by Gasteiger charge is 2.32. The standard InChI is InChI=1S/C15H24N2O/c1-11-5-6-12(2)14(7-11)17-9-13(18)8-16-10-15(17,3)4/h5-7,13,16,18H,8-10H2,1-4H3. The van der Waals surface area contributed by atoms with Crippen molar-refractivity contribution in [2.24, 2.45) is 0 Å². The van der Waals surface area contributed by atoms with E-state index in [-0.39, 0.29) is 11.6 Å². The minimum atomic E-state index is -0.313. The molecule has 1 fully saturated rings. The molecule has 0 aromatic heterocycles. The first-order valence-electron chi connectivity index (χ1n) is 6.64. The molecule has 1 unspecified atom stereocenters. The molecule has 0 spiro atoms. The minimum absolute atomic E-state index is 0.00995. The molecule has 0 saturated carbocycles. The smallest absolute Gasteiger partial charge is 0.0839 e. The van der Waals surface area contributed by atoms with Crippen LogP contribution in [0.3, 0.4) is 0 Å². The number of aliphatic hydroxyl groups excluding tert-OH is 1. The van der Waals surface area contributed by atoms with Crippen molar-refractivity contribution < 1.29 is 5.11 Å². The van der Waals surface area contributed by atoms with Crippen molar-refractivity contribution in [3.05, 3.63) is 29.3 Å². The predicted octanol–water partition coefficient (Wildman–Crippen LogP) is 1.85. The molecule has 0 amide bonds. The summed E-state index contributed by atoms with van der Waals surface area (Å²) in [4.78, 5) is 2.33. The molecule has 1 aliphatic heterocycles. The number of anilines is 1. The van der Waals surface area contributed by atoms with Crippen molar-refractivity contribution in [2.75, 3.05) is 24.5 Å². The van der Waals surface area contributed by atoms with Crippen LogP contribution in [0.15, 0.2) is 18.2 Å². The molecule has 2 N–H and O–H groups in total. The predicted molar refractivity (Wildman–Crippen MR) is 76.2 cm³/mol. The molecule has 3 nitrogen and oxygen atoms in total. The Morgan fingerprint density at radius 3 is 2.78 bits per heavy atom. The first-order chi connectivity index (χ1) is 8.40. The molecule has 2 rings (SSSR count). The van der Waals surface area contributed by atoms with Gasteiger partial charge in [-0.2, -0.15) is 0 Å². The Balaban J connectivity index is 2.41. The Morgan fingerprint density at radius 2 is 2.06 bits per heavy atom. The lowest BCUT2D eigenvalue weighted by molar-refractivity contribution is 0.183. The molecule has 0 bridgehead atoms. The summed E-state index contributed by atoms with van der Waals surface area (Å²) in [7, 11) is 0. The molecular weight excluding hydrogens is 224 g/mol. The fraction of sp³-hybridized carbons (Fsp3) is 0.600. The van der Waals surface area contributed by atoms with Gasteiger partial charge >= 0.3 is 0 Å². The van der Waals surface area contributed by atoms with Gasteiger partial charge in [0.1, 0.15) is 0 Å². The zero-order valence-corrected chi connectivity index (χ0v) is 11.8. The maximum atomic E-state index is 10.0. The minimum Gasteiger partial charge on any atom is -0.390 e. The molecule has 0 radical (unpaired) electrons. The van der Waals surface area contributed by atoms with Crippen molar-refractivity contribution in [3.63, 3.8) is 0 Å². The number of aryl methyl sites for hydroxylation is 2. The van der Waals surface area contributed by atoms with Gasteiger partial charge < -0.3 is 15.3 Å². The third-order valence-corrected chi connectivity index (χ3v) is 3.72. The topological polar surface area (TPSA) is 35.5 Å². The molecule has 0 aliphatic carbocycles. The van der Waals surface area contributed by atoms with Crippen LogP contribution in [0.25, 0.3) is 0 Å². The first-order valence-corrected chi connectivity index (χ1v) is 6.64. The Bertz CT molecular complexity index is 429. The lowest BCUT2D eigenvalue weighted by Crippen LogP contribution is -2.49. The fourth-order valence-corrected chi connectivity index (χ4v) is 2.60. The van der Waals surface area contributed by atoms with Crippen molar-refractivity contribution in [2.45, 2.75) is 39.3 Å². The number of β-amino-alcohol motifs (C(OH)–C–C–N with tert-alkyl or cyclic N) is 1. The van der Waals surface area contributed by atoms with Crippen LogP contribution >= 0.6 is 0 Å². The van der Waals surface area contributed by atoms with E-state index >= 15 is 0 Å². The van der Waals surface area contributed by atoms with Crippen LogP contribution in [0.1, 0.15) is 25.0 Å². The summed E-state index contributed by atoms with van der Waals surface area (Å²) >= 11 is 0. The average molecular weight is 248 g/mol. The van der Waals surface area contributed by atoms with E-state index < -0.39 is 0 Å². The quantitative estimate of drug-likeness (QED) is 0.796. The van der Waals surface area contributed by atoms with Crippen molar-refractivity contribution in [1.29, 1.82) is 0 Å². The SMILES string of the molecule is Cc1ccc(C)c(N2CC(O)CNCC2(C)C)c1. The van der Waals surface area contributed by atoms with Gasteiger partial charge in [-0.05, 0) is 44.9 Å². The monoisotopic (exact) mass is 248 g/mol. The highest BCUT2D eigenvalue weighted by atomic mass is 16.3. The maximum Gasteiger partial charge on any atom is 0.0839 e. The van der Waals surface area contributed by atoms with Crippen LogP contribution in [0, 0.1) is 13.8 Å². The highest BCUT2D eigenvalue weighted by molar-refractivity contribution is 5.57. The third kappa shape index (κ3) is 2.68. The van der Waals surface area contributed by atoms with Gasteiger partial charge in [-0.15, -0.1) is 0 Å². The number of nitrogens with zero attached hydrogens (tertiary/aromatic N) is 1. The van der Waals surface area contributed by atoms with Crippen LogP contribution in [0.5, 0.6) is 0 Å². The van der Waals surface area contributed by atoms with Crippen LogP contribution in [-0.4, -0.2) is 36.4 Å². The largest absolute Gasteiger partial charge is 0.390 e. The molecule has 1 atom stereocenters. The molecule has 18 heavy (non-hydrogen) atoms. The normalized spacial score (nSPS) is 23.8. The van der Waals surface area contributed by atoms with E-state index in [4.69, 9.17) is 0 Å². The molecule has 1 aromatic rings. The average Bonchev–Trinajstić information content (AvgIpc) is 2.41. The Kier molecular flexibility index (Phi) is 3.64. The summed E-state index contributed by atoms with van der Waals surface area (Å²) in [5.74, 6) is 0. The van der Waals surface area contributed by atoms with Gasteiger partial charge in [0.05, 0.1) is 6.10 Å². The number of benzene rings is 1. The number of nitrogens with one attached hydrogen (secondary N) is 1. The first kappa shape index (κ1) is 13.4. The molecule has 100 valence electrons. The van der Waals surface area contributed by atoms with Gasteiger partial charge in [0, 0.05) is 30.9 Å². The van der Waals surface area contributed by atoms with E-state index in [2.05, 4.69) is 56.1 Å². The molecular formula is C15H24N2O. The van der Waals surface area contributed by atoms with E-state index in [1.54, 1.807) is 0 Å². The van der Waals surface area contributed by atoms with Gasteiger partial charge in [-0.1, -0.05) is 12.1 Å². The second-order valence-electron chi connectivity index (χ2n) is 6.00. The second-order valence-corrected chi connectivity index (χ2v) is 6.00. The van der Waals surface area contributed by atoms with Crippen LogP contribution in [-0.2, 0) is 0 Å². The van der Waals surface area contributed by atoms with Crippen molar-refractivity contribution in [1.82, 2.24) is 5.32 Å². The maximum absolute atomic E-state index is 10.0. The van der Waals surface area contributed by atoms with Gasteiger partial charge in [-0.25, -0.2) is 0 Å². The van der Waals surface area contributed by atoms with Gasteiger partial charge in [0.15, 0.2) is 0 Å². The van der Waals surface area contributed by atoms with Gasteiger partial charge in [0.2, 0.25) is 0 Å². The molecule has 1 heterocycles. The number of hydrogen-bond donors (Lipinski definition) is 2. The summed E-state index contributed by atoms with van der Waals surface area (Å²) in [6.07, 6.45) is -0.313. The summed E-state index contributed by atoms with van der Waals surface area (Å²) in [5, 5.41) is 13.3. The zero-order valence-electron chi connectivity index (χ0n) is 11.8. The third-order valence-electron chi connectivity index (χ3n) is 3.72. The van der Waals surface area contributed by atoms with E-state index in [0.29, 0.717) is 13.1 Å². The molecule has 1 saturated heterocycles. The summed E-state index contributed by atoms with van der Waals surface area (Å²) < 4.78 is 0. The molecule has 1 aromatic carbocycles. The highest BCUT2D eigenvalue weighted by Crippen LogP contribution is 2.29. The van der Waals surface area contributed by atoms with Crippen LogP contribution < -0.4 is 10.2 Å². The van der Waals surface area contributed by atoms with Gasteiger partial charge in [-0.3, -0.25) is 0 Å². The second kappa shape index (κ2) is 4.90.